The van der Waals surface area contributed by atoms with Crippen molar-refractivity contribution >= 4 is 46.1 Å². The van der Waals surface area contributed by atoms with E-state index in [1.165, 1.54) is 18.7 Å². The average Bonchev–Trinajstić information content (AvgIpc) is 2.98. The van der Waals surface area contributed by atoms with Crippen molar-refractivity contribution in [2.75, 3.05) is 10.6 Å². The SMILES string of the molecule is CC(=O)Nc1ccc(NC(=O)[C@H](C)Sc2nc3ccccc3o2)cc1. The zero-order valence-corrected chi connectivity index (χ0v) is 14.6. The van der Waals surface area contributed by atoms with Gasteiger partial charge in [0.2, 0.25) is 11.8 Å². The summed E-state index contributed by atoms with van der Waals surface area (Å²) >= 11 is 1.26. The van der Waals surface area contributed by atoms with Gasteiger partial charge < -0.3 is 15.1 Å². The van der Waals surface area contributed by atoms with E-state index in [0.29, 0.717) is 22.2 Å². The highest BCUT2D eigenvalue weighted by Gasteiger charge is 2.18. The molecule has 7 heteroatoms. The van der Waals surface area contributed by atoms with Gasteiger partial charge in [-0.25, -0.2) is 4.98 Å². The van der Waals surface area contributed by atoms with E-state index in [1.54, 1.807) is 31.2 Å². The van der Waals surface area contributed by atoms with Crippen LogP contribution in [0.5, 0.6) is 0 Å². The molecule has 0 radical (unpaired) electrons. The van der Waals surface area contributed by atoms with E-state index in [0.717, 1.165) is 5.52 Å². The summed E-state index contributed by atoms with van der Waals surface area (Å²) in [6.45, 7) is 3.24. The minimum Gasteiger partial charge on any atom is -0.431 e. The largest absolute Gasteiger partial charge is 0.431 e. The van der Waals surface area contributed by atoms with Gasteiger partial charge in [-0.05, 0) is 43.3 Å². The van der Waals surface area contributed by atoms with Gasteiger partial charge in [-0.1, -0.05) is 23.9 Å². The minimum atomic E-state index is -0.372. The molecule has 0 saturated heterocycles. The Morgan fingerprint density at radius 1 is 1.04 bits per heavy atom. The summed E-state index contributed by atoms with van der Waals surface area (Å²) in [5.74, 6) is -0.292. The van der Waals surface area contributed by atoms with Gasteiger partial charge in [-0.3, -0.25) is 9.59 Å². The summed E-state index contributed by atoms with van der Waals surface area (Å²) in [7, 11) is 0. The molecule has 0 saturated carbocycles. The van der Waals surface area contributed by atoms with Crippen LogP contribution in [0.15, 0.2) is 58.2 Å². The van der Waals surface area contributed by atoms with E-state index in [9.17, 15) is 9.59 Å². The number of carbonyl (C=O) groups excluding carboxylic acids is 2. The van der Waals surface area contributed by atoms with Gasteiger partial charge in [0, 0.05) is 18.3 Å². The van der Waals surface area contributed by atoms with E-state index in [4.69, 9.17) is 4.42 Å². The van der Waals surface area contributed by atoms with Crippen molar-refractivity contribution in [1.82, 2.24) is 4.98 Å². The fraction of sp³-hybridized carbons (Fsp3) is 0.167. The van der Waals surface area contributed by atoms with Crippen LogP contribution in [-0.2, 0) is 9.59 Å². The van der Waals surface area contributed by atoms with E-state index in [1.807, 2.05) is 24.3 Å². The third kappa shape index (κ3) is 4.39. The lowest BCUT2D eigenvalue weighted by atomic mass is 10.2. The number of benzene rings is 2. The molecule has 1 heterocycles. The second-order valence-electron chi connectivity index (χ2n) is 5.46. The number of oxazole rings is 1. The van der Waals surface area contributed by atoms with E-state index >= 15 is 0 Å². The van der Waals surface area contributed by atoms with Crippen LogP contribution < -0.4 is 10.6 Å². The molecule has 0 fully saturated rings. The topological polar surface area (TPSA) is 84.2 Å². The lowest BCUT2D eigenvalue weighted by Crippen LogP contribution is -2.22. The van der Waals surface area contributed by atoms with E-state index in [-0.39, 0.29) is 17.1 Å². The molecule has 0 spiro atoms. The van der Waals surface area contributed by atoms with Gasteiger partial charge in [0.25, 0.3) is 5.22 Å². The molecule has 2 amide bonds. The Morgan fingerprint density at radius 3 is 2.32 bits per heavy atom. The molecular formula is C18H17N3O3S. The number of hydrogen-bond donors (Lipinski definition) is 2. The molecule has 2 N–H and O–H groups in total. The molecule has 128 valence electrons. The highest BCUT2D eigenvalue weighted by Crippen LogP contribution is 2.27. The number of thioether (sulfide) groups is 1. The number of nitrogens with one attached hydrogen (secondary N) is 2. The predicted molar refractivity (Wildman–Crippen MR) is 98.7 cm³/mol. The standard InChI is InChI=1S/C18H17N3O3S/c1-11(25-18-21-15-5-3-4-6-16(15)24-18)17(23)20-14-9-7-13(8-10-14)19-12(2)22/h3-11H,1-2H3,(H,19,22)(H,20,23)/t11-/m0/s1. The monoisotopic (exact) mass is 355 g/mol. The van der Waals surface area contributed by atoms with Crippen molar-refractivity contribution in [1.29, 1.82) is 0 Å². The molecule has 0 unspecified atom stereocenters. The summed E-state index contributed by atoms with van der Waals surface area (Å²) in [6.07, 6.45) is 0. The van der Waals surface area contributed by atoms with Crippen LogP contribution in [0.1, 0.15) is 13.8 Å². The number of rotatable bonds is 5. The number of fused-ring (bicyclic) bond motifs is 1. The molecule has 1 atom stereocenters. The quantitative estimate of drug-likeness (QED) is 0.678. The van der Waals surface area contributed by atoms with Gasteiger partial charge in [0.05, 0.1) is 5.25 Å². The number of anilines is 2. The fourth-order valence-corrected chi connectivity index (χ4v) is 2.95. The number of carbonyl (C=O) groups is 2. The second kappa shape index (κ2) is 7.40. The molecule has 6 nitrogen and oxygen atoms in total. The number of amides is 2. The van der Waals surface area contributed by atoms with Gasteiger partial charge in [0.1, 0.15) is 5.52 Å². The smallest absolute Gasteiger partial charge is 0.257 e. The van der Waals surface area contributed by atoms with Crippen molar-refractivity contribution in [2.24, 2.45) is 0 Å². The van der Waals surface area contributed by atoms with Crippen LogP contribution in [0.3, 0.4) is 0 Å². The van der Waals surface area contributed by atoms with E-state index < -0.39 is 0 Å². The van der Waals surface area contributed by atoms with Gasteiger partial charge in [0.15, 0.2) is 5.58 Å². The number of nitrogens with zero attached hydrogens (tertiary/aromatic N) is 1. The molecule has 25 heavy (non-hydrogen) atoms. The van der Waals surface area contributed by atoms with Crippen molar-refractivity contribution in [3.63, 3.8) is 0 Å². The Bertz CT molecular complexity index is 872. The molecule has 2 aromatic carbocycles. The maximum atomic E-state index is 12.3. The Kier molecular flexibility index (Phi) is 5.04. The molecule has 0 aliphatic rings. The third-order valence-electron chi connectivity index (χ3n) is 3.39. The molecule has 3 aromatic rings. The van der Waals surface area contributed by atoms with Crippen LogP contribution in [0.2, 0.25) is 0 Å². The van der Waals surface area contributed by atoms with E-state index in [2.05, 4.69) is 15.6 Å². The van der Waals surface area contributed by atoms with Crippen molar-refractivity contribution in [3.8, 4) is 0 Å². The molecule has 0 bridgehead atoms. The first kappa shape index (κ1) is 17.0. The highest BCUT2D eigenvalue weighted by atomic mass is 32.2. The highest BCUT2D eigenvalue weighted by molar-refractivity contribution is 8.00. The maximum Gasteiger partial charge on any atom is 0.257 e. The predicted octanol–water partition coefficient (Wildman–Crippen LogP) is 3.91. The molecule has 0 aliphatic heterocycles. The van der Waals surface area contributed by atoms with Crippen LogP contribution >= 0.6 is 11.8 Å². The second-order valence-corrected chi connectivity index (χ2v) is 6.75. The fourth-order valence-electron chi connectivity index (χ4n) is 2.19. The zero-order chi connectivity index (χ0) is 17.8. The average molecular weight is 355 g/mol. The van der Waals surface area contributed by atoms with Crippen molar-refractivity contribution < 1.29 is 14.0 Å². The van der Waals surface area contributed by atoms with Crippen LogP contribution in [-0.4, -0.2) is 22.0 Å². The first-order chi connectivity index (χ1) is 12.0. The zero-order valence-electron chi connectivity index (χ0n) is 13.8. The normalized spacial score (nSPS) is 11.9. The number of aromatic nitrogens is 1. The molecule has 3 rings (SSSR count). The van der Waals surface area contributed by atoms with Gasteiger partial charge >= 0.3 is 0 Å². The number of para-hydroxylation sites is 2. The summed E-state index contributed by atoms with van der Waals surface area (Å²) in [4.78, 5) is 27.7. The van der Waals surface area contributed by atoms with Gasteiger partial charge in [-0.15, -0.1) is 0 Å². The maximum absolute atomic E-state index is 12.3. The molecular weight excluding hydrogens is 338 g/mol. The summed E-state index contributed by atoms with van der Waals surface area (Å²) < 4.78 is 5.62. The summed E-state index contributed by atoms with van der Waals surface area (Å²) in [5, 5.41) is 5.60. The van der Waals surface area contributed by atoms with Crippen LogP contribution in [0.25, 0.3) is 11.1 Å². The Hall–Kier alpha value is -2.80. The van der Waals surface area contributed by atoms with Crippen LogP contribution in [0.4, 0.5) is 11.4 Å². The Balaban J connectivity index is 1.61. The van der Waals surface area contributed by atoms with Gasteiger partial charge in [-0.2, -0.15) is 0 Å². The molecule has 0 aliphatic carbocycles. The lowest BCUT2D eigenvalue weighted by Gasteiger charge is -2.10. The molecule has 1 aromatic heterocycles. The minimum absolute atomic E-state index is 0.139. The van der Waals surface area contributed by atoms with Crippen molar-refractivity contribution in [2.45, 2.75) is 24.3 Å². The lowest BCUT2D eigenvalue weighted by molar-refractivity contribution is -0.115. The summed E-state index contributed by atoms with van der Waals surface area (Å²) in [6, 6.07) is 14.4. The van der Waals surface area contributed by atoms with Crippen molar-refractivity contribution in [3.05, 3.63) is 48.5 Å². The summed E-state index contributed by atoms with van der Waals surface area (Å²) in [5.41, 5.74) is 2.81. The van der Waals surface area contributed by atoms with Crippen LogP contribution in [0, 0.1) is 0 Å². The first-order valence-electron chi connectivity index (χ1n) is 7.72. The Morgan fingerprint density at radius 2 is 1.68 bits per heavy atom. The first-order valence-corrected chi connectivity index (χ1v) is 8.60. The third-order valence-corrected chi connectivity index (χ3v) is 4.34. The Labute approximate surface area is 149 Å². The number of hydrogen-bond acceptors (Lipinski definition) is 5.